The average Bonchev–Trinajstić information content (AvgIpc) is 3.13. The van der Waals surface area contributed by atoms with Crippen molar-refractivity contribution in [2.45, 2.75) is 187 Å². The van der Waals surface area contributed by atoms with Crippen molar-refractivity contribution >= 4 is 6.09 Å². The first-order valence-electron chi connectivity index (χ1n) is 22.0. The van der Waals surface area contributed by atoms with Crippen LogP contribution >= 0.6 is 0 Å². The Morgan fingerprint density at radius 1 is 0.549 bits per heavy atom. The van der Waals surface area contributed by atoms with Gasteiger partial charge in [-0.25, -0.2) is 4.79 Å². The van der Waals surface area contributed by atoms with Gasteiger partial charge >= 0.3 is 6.09 Å². The van der Waals surface area contributed by atoms with Crippen LogP contribution in [0.25, 0.3) is 0 Å². The van der Waals surface area contributed by atoms with Gasteiger partial charge in [0.2, 0.25) is 0 Å². The number of hydrogen-bond donors (Lipinski definition) is 0. The molecule has 51 heavy (non-hydrogen) atoms. The van der Waals surface area contributed by atoms with Crippen LogP contribution in [-0.2, 0) is 4.74 Å². The molecule has 0 unspecified atom stereocenters. The van der Waals surface area contributed by atoms with Crippen LogP contribution in [0.3, 0.4) is 0 Å². The van der Waals surface area contributed by atoms with Gasteiger partial charge in [0.15, 0.2) is 0 Å². The van der Waals surface area contributed by atoms with Gasteiger partial charge in [0.05, 0.1) is 0 Å². The molecule has 5 nitrogen and oxygen atoms in total. The predicted octanol–water partition coefficient (Wildman–Crippen LogP) is 13.1. The van der Waals surface area contributed by atoms with Crippen molar-refractivity contribution in [2.24, 2.45) is 0 Å². The van der Waals surface area contributed by atoms with Gasteiger partial charge in [-0.2, -0.15) is 0 Å². The van der Waals surface area contributed by atoms with Gasteiger partial charge in [0, 0.05) is 39.3 Å². The summed E-state index contributed by atoms with van der Waals surface area (Å²) in [5.41, 5.74) is 0. The van der Waals surface area contributed by atoms with Gasteiger partial charge in [-0.1, -0.05) is 140 Å². The van der Waals surface area contributed by atoms with Crippen LogP contribution in [0.5, 0.6) is 0 Å². The molecule has 0 atom stereocenters. The van der Waals surface area contributed by atoms with E-state index in [4.69, 9.17) is 4.74 Å². The number of nitrogens with zero attached hydrogens (tertiary/aromatic N) is 3. The molecule has 1 aliphatic heterocycles. The first-order valence-corrected chi connectivity index (χ1v) is 22.0. The molecule has 5 heteroatoms. The molecule has 296 valence electrons. The SMILES string of the molecule is CCCCC/C=C\C/C=C\CCCCCCCCN(CCCCCCCC/C=C\C/C=C\CCCCC)C(=O)OC1CCN(CCN(C)C)CC1. The first-order chi connectivity index (χ1) is 25.1. The van der Waals surface area contributed by atoms with E-state index in [1.165, 1.54) is 128 Å². The van der Waals surface area contributed by atoms with E-state index in [1.807, 2.05) is 4.90 Å². The number of carbonyl (C=O) groups is 1. The summed E-state index contributed by atoms with van der Waals surface area (Å²) >= 11 is 0. The van der Waals surface area contributed by atoms with Crippen LogP contribution in [0, 0.1) is 0 Å². The maximum Gasteiger partial charge on any atom is 0.410 e. The van der Waals surface area contributed by atoms with Gasteiger partial charge in [0.1, 0.15) is 6.10 Å². The molecule has 1 aliphatic rings. The number of ether oxygens (including phenoxy) is 1. The molecule has 0 spiro atoms. The van der Waals surface area contributed by atoms with Crippen molar-refractivity contribution in [2.75, 3.05) is 53.4 Å². The molecule has 0 aromatic rings. The molecule has 0 aromatic heterocycles. The molecule has 0 aliphatic carbocycles. The topological polar surface area (TPSA) is 36.0 Å². The molecule has 1 heterocycles. The summed E-state index contributed by atoms with van der Waals surface area (Å²) in [6.45, 7) is 10.5. The van der Waals surface area contributed by atoms with Crippen molar-refractivity contribution in [3.63, 3.8) is 0 Å². The van der Waals surface area contributed by atoms with Crippen LogP contribution in [-0.4, -0.2) is 80.3 Å². The maximum absolute atomic E-state index is 13.4. The van der Waals surface area contributed by atoms with Crippen LogP contribution in [0.4, 0.5) is 4.79 Å². The molecule has 0 N–H and O–H groups in total. The first kappa shape index (κ1) is 47.2. The van der Waals surface area contributed by atoms with Crippen molar-refractivity contribution in [3.05, 3.63) is 48.6 Å². The molecule has 1 fully saturated rings. The Morgan fingerprint density at radius 3 is 1.35 bits per heavy atom. The summed E-state index contributed by atoms with van der Waals surface area (Å²) in [6.07, 6.45) is 50.5. The quantitative estimate of drug-likeness (QED) is 0.0492. The van der Waals surface area contributed by atoms with E-state index in [9.17, 15) is 4.79 Å². The number of carbonyl (C=O) groups excluding carboxylic acids is 1. The molecule has 0 radical (unpaired) electrons. The monoisotopic (exact) mass is 712 g/mol. The summed E-state index contributed by atoms with van der Waals surface area (Å²) in [5, 5.41) is 0. The molecule has 0 saturated carbocycles. The van der Waals surface area contributed by atoms with Gasteiger partial charge in [-0.3, -0.25) is 0 Å². The molecular weight excluding hydrogens is 627 g/mol. The van der Waals surface area contributed by atoms with E-state index in [1.54, 1.807) is 0 Å². The fourth-order valence-electron chi connectivity index (χ4n) is 6.69. The van der Waals surface area contributed by atoms with Gasteiger partial charge < -0.3 is 19.4 Å². The summed E-state index contributed by atoms with van der Waals surface area (Å²) < 4.78 is 6.11. The van der Waals surface area contributed by atoms with Gasteiger partial charge in [-0.15, -0.1) is 0 Å². The van der Waals surface area contributed by atoms with E-state index >= 15 is 0 Å². The molecule has 1 amide bonds. The van der Waals surface area contributed by atoms with E-state index in [-0.39, 0.29) is 12.2 Å². The van der Waals surface area contributed by atoms with E-state index in [2.05, 4.69) is 86.4 Å². The van der Waals surface area contributed by atoms with Crippen molar-refractivity contribution < 1.29 is 9.53 Å². The number of piperidine rings is 1. The maximum atomic E-state index is 13.4. The standard InChI is InChI=1S/C46H85N3O2/c1-5-7-9-11-13-15-17-19-21-23-25-27-29-31-33-35-39-49(46(50)51-45-37-41-48(42-38-45)44-43-47(3)4)40-36-34-32-30-28-26-24-22-20-18-16-14-12-10-8-6-2/h13-16,19-22,45H,5-12,17-18,23-44H2,1-4H3/b15-13-,16-14-,21-19-,22-20-. The third kappa shape index (κ3) is 31.4. The summed E-state index contributed by atoms with van der Waals surface area (Å²) in [6, 6.07) is 0. The highest BCUT2D eigenvalue weighted by Crippen LogP contribution is 2.17. The van der Waals surface area contributed by atoms with E-state index in [0.29, 0.717) is 0 Å². The summed E-state index contributed by atoms with van der Waals surface area (Å²) in [7, 11) is 4.26. The number of allylic oxidation sites excluding steroid dienone is 8. The Labute approximate surface area is 318 Å². The third-order valence-corrected chi connectivity index (χ3v) is 10.2. The van der Waals surface area contributed by atoms with Crippen molar-refractivity contribution in [1.82, 2.24) is 14.7 Å². The smallest absolute Gasteiger partial charge is 0.410 e. The van der Waals surface area contributed by atoms with Crippen LogP contribution in [0.15, 0.2) is 48.6 Å². The lowest BCUT2D eigenvalue weighted by Gasteiger charge is -2.33. The second-order valence-corrected chi connectivity index (χ2v) is 15.4. The largest absolute Gasteiger partial charge is 0.446 e. The summed E-state index contributed by atoms with van der Waals surface area (Å²) in [5.74, 6) is 0. The molecule has 1 rings (SSSR count). The Hall–Kier alpha value is -1.85. The molecule has 1 saturated heterocycles. The second kappa shape index (κ2) is 36.5. The van der Waals surface area contributed by atoms with E-state index < -0.39 is 0 Å². The minimum absolute atomic E-state index is 0.0630. The number of amides is 1. The molecular formula is C46H85N3O2. The highest BCUT2D eigenvalue weighted by Gasteiger charge is 2.24. The third-order valence-electron chi connectivity index (χ3n) is 10.2. The zero-order chi connectivity index (χ0) is 36.9. The zero-order valence-corrected chi connectivity index (χ0v) is 34.5. The van der Waals surface area contributed by atoms with Gasteiger partial charge in [0.25, 0.3) is 0 Å². The minimum atomic E-state index is -0.0630. The fraction of sp³-hybridized carbons (Fsp3) is 0.804. The van der Waals surface area contributed by atoms with Crippen LogP contribution < -0.4 is 0 Å². The Balaban J connectivity index is 2.27. The van der Waals surface area contributed by atoms with Crippen LogP contribution in [0.2, 0.25) is 0 Å². The highest BCUT2D eigenvalue weighted by molar-refractivity contribution is 5.67. The molecule has 0 aromatic carbocycles. The normalized spacial score (nSPS) is 14.8. The second-order valence-electron chi connectivity index (χ2n) is 15.4. The van der Waals surface area contributed by atoms with Crippen molar-refractivity contribution in [1.29, 1.82) is 0 Å². The number of likely N-dealkylation sites (tertiary alicyclic amines) is 1. The lowest BCUT2D eigenvalue weighted by atomic mass is 10.1. The number of rotatable bonds is 34. The number of hydrogen-bond acceptors (Lipinski definition) is 4. The lowest BCUT2D eigenvalue weighted by Crippen LogP contribution is -2.43. The molecule has 0 bridgehead atoms. The number of unbranched alkanes of at least 4 members (excludes halogenated alkanes) is 18. The Kier molecular flexibility index (Phi) is 33.8. The zero-order valence-electron chi connectivity index (χ0n) is 34.5. The minimum Gasteiger partial charge on any atom is -0.446 e. The fourth-order valence-corrected chi connectivity index (χ4v) is 6.69. The Bertz CT molecular complexity index is 824. The van der Waals surface area contributed by atoms with Gasteiger partial charge in [-0.05, 0) is 104 Å². The van der Waals surface area contributed by atoms with Crippen LogP contribution in [0.1, 0.15) is 181 Å². The Morgan fingerprint density at radius 2 is 0.941 bits per heavy atom. The summed E-state index contributed by atoms with van der Waals surface area (Å²) in [4.78, 5) is 20.2. The highest BCUT2D eigenvalue weighted by atomic mass is 16.6. The van der Waals surface area contributed by atoms with E-state index in [0.717, 1.165) is 77.8 Å². The number of likely N-dealkylation sites (N-methyl/N-ethyl adjacent to an activating group) is 1. The predicted molar refractivity (Wildman–Crippen MR) is 225 cm³/mol. The lowest BCUT2D eigenvalue weighted by molar-refractivity contribution is 0.0269. The average molecular weight is 712 g/mol. The van der Waals surface area contributed by atoms with Crippen molar-refractivity contribution in [3.8, 4) is 0 Å².